The van der Waals surface area contributed by atoms with E-state index in [0.29, 0.717) is 11.4 Å². The molecule has 0 aliphatic rings. The van der Waals surface area contributed by atoms with Crippen molar-refractivity contribution in [1.29, 1.82) is 0 Å². The summed E-state index contributed by atoms with van der Waals surface area (Å²) in [5.74, 6) is 0.458. The van der Waals surface area contributed by atoms with Crippen LogP contribution in [0.3, 0.4) is 0 Å². The van der Waals surface area contributed by atoms with Gasteiger partial charge in [0.2, 0.25) is 0 Å². The third-order valence-electron chi connectivity index (χ3n) is 4.85. The first-order valence-electron chi connectivity index (χ1n) is 10.0. The molecule has 6 heteroatoms. The molecule has 0 saturated heterocycles. The van der Waals surface area contributed by atoms with Crippen molar-refractivity contribution in [3.8, 4) is 17.0 Å². The highest BCUT2D eigenvalue weighted by Gasteiger charge is 2.15. The third-order valence-corrected chi connectivity index (χ3v) is 4.85. The fraction of sp³-hybridized carbons (Fsp3) is 0.292. The first kappa shape index (κ1) is 21.3. The maximum absolute atomic E-state index is 12.4. The molecule has 6 nitrogen and oxygen atoms in total. The van der Waals surface area contributed by atoms with Crippen molar-refractivity contribution >= 4 is 5.91 Å². The number of nitrogens with one attached hydrogen (secondary N) is 1. The first-order chi connectivity index (χ1) is 14.3. The van der Waals surface area contributed by atoms with E-state index in [1.54, 1.807) is 13.0 Å². The summed E-state index contributed by atoms with van der Waals surface area (Å²) < 4.78 is 7.17. The number of benzene rings is 2. The molecular formula is C24H27N3O3. The summed E-state index contributed by atoms with van der Waals surface area (Å²) in [6.07, 6.45) is -0.644. The molecule has 3 rings (SSSR count). The quantitative estimate of drug-likeness (QED) is 0.654. The van der Waals surface area contributed by atoms with E-state index in [0.717, 1.165) is 22.3 Å². The Labute approximate surface area is 176 Å². The second kappa shape index (κ2) is 9.39. The number of carbonyl (C=O) groups is 1. The van der Waals surface area contributed by atoms with Crippen LogP contribution in [0.25, 0.3) is 11.3 Å². The molecule has 1 atom stereocenters. The lowest BCUT2D eigenvalue weighted by molar-refractivity contribution is -0.127. The summed E-state index contributed by atoms with van der Waals surface area (Å²) in [5, 5.41) is 7.24. The zero-order valence-electron chi connectivity index (χ0n) is 17.8. The predicted molar refractivity (Wildman–Crippen MR) is 118 cm³/mol. The summed E-state index contributed by atoms with van der Waals surface area (Å²) in [4.78, 5) is 24.5. The zero-order valence-corrected chi connectivity index (χ0v) is 17.8. The van der Waals surface area contributed by atoms with Crippen molar-refractivity contribution < 1.29 is 9.53 Å². The van der Waals surface area contributed by atoms with Gasteiger partial charge in [0.25, 0.3) is 11.5 Å². The number of carbonyl (C=O) groups excluding carboxylic acids is 1. The topological polar surface area (TPSA) is 73.2 Å². The maximum atomic E-state index is 12.4. The Kier molecular flexibility index (Phi) is 6.67. The molecule has 0 saturated carbocycles. The van der Waals surface area contributed by atoms with Gasteiger partial charge in [-0.25, -0.2) is 4.68 Å². The van der Waals surface area contributed by atoms with E-state index in [1.165, 1.54) is 10.7 Å². The van der Waals surface area contributed by atoms with Gasteiger partial charge in [-0.05, 0) is 51.0 Å². The van der Waals surface area contributed by atoms with Crippen LogP contribution < -0.4 is 15.6 Å². The van der Waals surface area contributed by atoms with Gasteiger partial charge in [0.05, 0.1) is 12.2 Å². The molecule has 156 valence electrons. The van der Waals surface area contributed by atoms with Gasteiger partial charge in [-0.1, -0.05) is 42.0 Å². The van der Waals surface area contributed by atoms with Gasteiger partial charge < -0.3 is 10.1 Å². The third kappa shape index (κ3) is 5.35. The van der Waals surface area contributed by atoms with Gasteiger partial charge >= 0.3 is 0 Å². The molecule has 0 radical (unpaired) electrons. The second-order valence-corrected chi connectivity index (χ2v) is 7.47. The molecule has 2 aromatic carbocycles. The van der Waals surface area contributed by atoms with Crippen LogP contribution in [0.2, 0.25) is 0 Å². The van der Waals surface area contributed by atoms with Crippen molar-refractivity contribution in [2.24, 2.45) is 0 Å². The molecule has 3 aromatic rings. The Hall–Kier alpha value is -3.41. The Balaban J connectivity index is 1.59. The van der Waals surface area contributed by atoms with Gasteiger partial charge in [0.15, 0.2) is 6.10 Å². The number of aromatic nitrogens is 2. The number of amides is 1. The number of aryl methyl sites for hydroxylation is 3. The first-order valence-corrected chi connectivity index (χ1v) is 10.0. The molecule has 0 spiro atoms. The highest BCUT2D eigenvalue weighted by atomic mass is 16.5. The monoisotopic (exact) mass is 405 g/mol. The largest absolute Gasteiger partial charge is 0.481 e. The average molecular weight is 405 g/mol. The van der Waals surface area contributed by atoms with Crippen molar-refractivity contribution in [3.63, 3.8) is 0 Å². The Bertz CT molecular complexity index is 1090. The van der Waals surface area contributed by atoms with Gasteiger partial charge in [-0.15, -0.1) is 0 Å². The number of hydrogen-bond donors (Lipinski definition) is 1. The Morgan fingerprint density at radius 2 is 1.73 bits per heavy atom. The van der Waals surface area contributed by atoms with Crippen LogP contribution >= 0.6 is 0 Å². The van der Waals surface area contributed by atoms with Gasteiger partial charge in [0, 0.05) is 18.2 Å². The fourth-order valence-corrected chi connectivity index (χ4v) is 2.99. The summed E-state index contributed by atoms with van der Waals surface area (Å²) in [7, 11) is 0. The maximum Gasteiger partial charge on any atom is 0.266 e. The van der Waals surface area contributed by atoms with E-state index in [4.69, 9.17) is 4.74 Å². The van der Waals surface area contributed by atoms with Gasteiger partial charge in [-0.3, -0.25) is 9.59 Å². The predicted octanol–water partition coefficient (Wildman–Crippen LogP) is 3.42. The molecule has 1 unspecified atom stereocenters. The second-order valence-electron chi connectivity index (χ2n) is 7.47. The minimum Gasteiger partial charge on any atom is -0.481 e. The molecule has 30 heavy (non-hydrogen) atoms. The lowest BCUT2D eigenvalue weighted by atomic mass is 10.1. The van der Waals surface area contributed by atoms with Crippen molar-refractivity contribution in [3.05, 3.63) is 81.6 Å². The zero-order chi connectivity index (χ0) is 21.7. The average Bonchev–Trinajstić information content (AvgIpc) is 2.72. The standard InChI is InChI=1S/C24H27N3O3/c1-16-6-9-20(10-7-16)21-11-12-23(28)27(26-21)14-13-25-24(29)19(4)30-22-15-17(2)5-8-18(22)3/h5-12,15,19H,13-14H2,1-4H3,(H,25,29). The van der Waals surface area contributed by atoms with E-state index in [1.807, 2.05) is 63.2 Å². The van der Waals surface area contributed by atoms with E-state index in [9.17, 15) is 9.59 Å². The van der Waals surface area contributed by atoms with E-state index < -0.39 is 6.10 Å². The highest BCUT2D eigenvalue weighted by molar-refractivity contribution is 5.80. The van der Waals surface area contributed by atoms with Crippen LogP contribution in [-0.2, 0) is 11.3 Å². The number of hydrogen-bond acceptors (Lipinski definition) is 4. The van der Waals surface area contributed by atoms with Crippen LogP contribution in [0.15, 0.2) is 59.4 Å². The van der Waals surface area contributed by atoms with E-state index >= 15 is 0 Å². The lowest BCUT2D eigenvalue weighted by Gasteiger charge is -2.17. The van der Waals surface area contributed by atoms with Crippen LogP contribution in [0.1, 0.15) is 23.6 Å². The number of rotatable bonds is 7. The minimum absolute atomic E-state index is 0.209. The highest BCUT2D eigenvalue weighted by Crippen LogP contribution is 2.20. The molecular weight excluding hydrogens is 378 g/mol. The summed E-state index contributed by atoms with van der Waals surface area (Å²) in [6.45, 7) is 8.21. The van der Waals surface area contributed by atoms with Crippen LogP contribution in [-0.4, -0.2) is 28.3 Å². The molecule has 1 aromatic heterocycles. The van der Waals surface area contributed by atoms with Crippen molar-refractivity contribution in [1.82, 2.24) is 15.1 Å². The SMILES string of the molecule is Cc1ccc(-c2ccc(=O)n(CCNC(=O)C(C)Oc3cc(C)ccc3C)n2)cc1. The molecule has 0 aliphatic carbocycles. The Morgan fingerprint density at radius 3 is 2.47 bits per heavy atom. The molecule has 0 bridgehead atoms. The lowest BCUT2D eigenvalue weighted by Crippen LogP contribution is -2.39. The molecule has 1 heterocycles. The smallest absolute Gasteiger partial charge is 0.266 e. The van der Waals surface area contributed by atoms with Crippen molar-refractivity contribution in [2.75, 3.05) is 6.54 Å². The summed E-state index contributed by atoms with van der Waals surface area (Å²) in [5.41, 5.74) is 4.65. The Morgan fingerprint density at radius 1 is 1.03 bits per heavy atom. The molecule has 1 amide bonds. The van der Waals surface area contributed by atoms with Gasteiger partial charge in [-0.2, -0.15) is 5.10 Å². The fourth-order valence-electron chi connectivity index (χ4n) is 2.99. The van der Waals surface area contributed by atoms with E-state index in [-0.39, 0.29) is 24.6 Å². The van der Waals surface area contributed by atoms with Crippen LogP contribution in [0.4, 0.5) is 0 Å². The van der Waals surface area contributed by atoms with E-state index in [2.05, 4.69) is 10.4 Å². The summed E-state index contributed by atoms with van der Waals surface area (Å²) >= 11 is 0. The minimum atomic E-state index is -0.644. The molecule has 0 aliphatic heterocycles. The normalized spacial score (nSPS) is 11.7. The van der Waals surface area contributed by atoms with Crippen molar-refractivity contribution in [2.45, 2.75) is 40.3 Å². The number of nitrogens with zero attached hydrogens (tertiary/aromatic N) is 2. The molecule has 1 N–H and O–H groups in total. The van der Waals surface area contributed by atoms with Crippen LogP contribution in [0, 0.1) is 20.8 Å². The molecule has 0 fully saturated rings. The number of ether oxygens (including phenoxy) is 1. The summed E-state index contributed by atoms with van der Waals surface area (Å²) in [6, 6.07) is 17.0. The van der Waals surface area contributed by atoms with Gasteiger partial charge in [0.1, 0.15) is 5.75 Å². The van der Waals surface area contributed by atoms with Crippen LogP contribution in [0.5, 0.6) is 5.75 Å².